The maximum absolute atomic E-state index is 13.4. The molecule has 0 aliphatic rings. The molecule has 0 fully saturated rings. The van der Waals surface area contributed by atoms with Gasteiger partial charge in [-0.3, -0.25) is 4.79 Å². The summed E-state index contributed by atoms with van der Waals surface area (Å²) in [6, 6.07) is 19.1. The minimum Gasteiger partial charge on any atom is -0.493 e. The fourth-order valence-corrected chi connectivity index (χ4v) is 3.08. The van der Waals surface area contributed by atoms with Crippen molar-refractivity contribution in [2.75, 3.05) is 21.3 Å². The van der Waals surface area contributed by atoms with E-state index in [1.165, 1.54) is 31.3 Å². The lowest BCUT2D eigenvalue weighted by atomic mass is 10.1. The van der Waals surface area contributed by atoms with Gasteiger partial charge in [-0.1, -0.05) is 42.5 Å². The van der Waals surface area contributed by atoms with Crippen LogP contribution in [0.5, 0.6) is 17.2 Å². The molecule has 0 saturated carbocycles. The molecule has 0 aliphatic carbocycles. The number of carbonyl (C=O) groups is 1. The smallest absolute Gasteiger partial charge is 0.254 e. The molecule has 0 unspecified atom stereocenters. The van der Waals surface area contributed by atoms with Gasteiger partial charge in [-0.2, -0.15) is 0 Å². The van der Waals surface area contributed by atoms with Crippen molar-refractivity contribution in [3.05, 3.63) is 89.2 Å². The Labute approximate surface area is 175 Å². The lowest BCUT2D eigenvalue weighted by Gasteiger charge is -2.20. The highest BCUT2D eigenvalue weighted by Gasteiger charge is 2.20. The number of hydrogen-bond donors (Lipinski definition) is 0. The van der Waals surface area contributed by atoms with Gasteiger partial charge in [-0.25, -0.2) is 4.39 Å². The fourth-order valence-electron chi connectivity index (χ4n) is 3.08. The van der Waals surface area contributed by atoms with Crippen LogP contribution < -0.4 is 14.2 Å². The third kappa shape index (κ3) is 5.08. The quantitative estimate of drug-likeness (QED) is 0.541. The van der Waals surface area contributed by atoms with Gasteiger partial charge in [0.05, 0.1) is 14.2 Å². The summed E-state index contributed by atoms with van der Waals surface area (Å²) in [6.45, 7) is 0.605. The molecule has 1 amide bonds. The number of methoxy groups -OCH3 is 2. The highest BCUT2D eigenvalue weighted by Crippen LogP contribution is 2.39. The van der Waals surface area contributed by atoms with Crippen LogP contribution in [0.1, 0.15) is 21.5 Å². The molecule has 0 radical (unpaired) electrons. The minimum absolute atomic E-state index is 0.245. The number of benzene rings is 3. The Morgan fingerprint density at radius 2 is 1.53 bits per heavy atom. The number of amides is 1. The second-order valence-corrected chi connectivity index (χ2v) is 6.78. The number of ether oxygens (including phenoxy) is 3. The number of rotatable bonds is 8. The van der Waals surface area contributed by atoms with Gasteiger partial charge in [0.25, 0.3) is 5.91 Å². The molecule has 156 valence electrons. The number of halogens is 1. The summed E-state index contributed by atoms with van der Waals surface area (Å²) in [7, 11) is 4.68. The van der Waals surface area contributed by atoms with Crippen LogP contribution in [0.25, 0.3) is 0 Å². The summed E-state index contributed by atoms with van der Waals surface area (Å²) >= 11 is 0. The lowest BCUT2D eigenvalue weighted by Crippen LogP contribution is -2.26. The number of nitrogens with zero attached hydrogens (tertiary/aromatic N) is 1. The van der Waals surface area contributed by atoms with Crippen LogP contribution in [0.3, 0.4) is 0 Å². The zero-order chi connectivity index (χ0) is 21.5. The first kappa shape index (κ1) is 21.2. The molecular formula is C24H24FNO4. The van der Waals surface area contributed by atoms with E-state index in [0.29, 0.717) is 35.0 Å². The first-order valence-electron chi connectivity index (χ1n) is 9.44. The Hall–Kier alpha value is -3.54. The Kier molecular flexibility index (Phi) is 6.91. The van der Waals surface area contributed by atoms with Crippen LogP contribution in [-0.4, -0.2) is 32.1 Å². The Morgan fingerprint density at radius 3 is 2.13 bits per heavy atom. The molecule has 5 nitrogen and oxygen atoms in total. The topological polar surface area (TPSA) is 48.0 Å². The predicted octanol–water partition coefficient (Wildman–Crippen LogP) is 4.69. The lowest BCUT2D eigenvalue weighted by molar-refractivity contribution is 0.0784. The van der Waals surface area contributed by atoms with Gasteiger partial charge in [-0.15, -0.1) is 0 Å². The van der Waals surface area contributed by atoms with Gasteiger partial charge in [0.1, 0.15) is 12.4 Å². The van der Waals surface area contributed by atoms with Gasteiger partial charge in [0.15, 0.2) is 11.5 Å². The van der Waals surface area contributed by atoms with E-state index >= 15 is 0 Å². The van der Waals surface area contributed by atoms with Crippen LogP contribution in [0.2, 0.25) is 0 Å². The molecule has 0 N–H and O–H groups in total. The predicted molar refractivity (Wildman–Crippen MR) is 113 cm³/mol. The van der Waals surface area contributed by atoms with Crippen molar-refractivity contribution in [1.82, 2.24) is 4.90 Å². The SMILES string of the molecule is COc1cc(C(=O)N(C)Cc2cccc(F)c2)cc(OC)c1OCc1ccccc1. The molecule has 6 heteroatoms. The number of carbonyl (C=O) groups excluding carboxylic acids is 1. The van der Waals surface area contributed by atoms with Crippen molar-refractivity contribution in [2.24, 2.45) is 0 Å². The molecule has 0 spiro atoms. The molecule has 0 saturated heterocycles. The highest BCUT2D eigenvalue weighted by molar-refractivity contribution is 5.95. The van der Waals surface area contributed by atoms with Crippen molar-refractivity contribution < 1.29 is 23.4 Å². The molecule has 0 bridgehead atoms. The molecule has 3 rings (SSSR count). The zero-order valence-corrected chi connectivity index (χ0v) is 17.2. The summed E-state index contributed by atoms with van der Waals surface area (Å²) in [5.41, 5.74) is 2.08. The summed E-state index contributed by atoms with van der Waals surface area (Å²) in [4.78, 5) is 14.4. The molecule has 0 atom stereocenters. The van der Waals surface area contributed by atoms with Gasteiger partial charge in [0.2, 0.25) is 5.75 Å². The van der Waals surface area contributed by atoms with E-state index in [-0.39, 0.29) is 18.3 Å². The fraction of sp³-hybridized carbons (Fsp3) is 0.208. The minimum atomic E-state index is -0.336. The van der Waals surface area contributed by atoms with Gasteiger partial charge in [-0.05, 0) is 35.4 Å². The van der Waals surface area contributed by atoms with Crippen LogP contribution in [-0.2, 0) is 13.2 Å². The highest BCUT2D eigenvalue weighted by atomic mass is 19.1. The molecular weight excluding hydrogens is 385 g/mol. The van der Waals surface area contributed by atoms with Crippen molar-refractivity contribution in [3.63, 3.8) is 0 Å². The average Bonchev–Trinajstić information content (AvgIpc) is 2.77. The second kappa shape index (κ2) is 9.78. The molecule has 0 aromatic heterocycles. The number of hydrogen-bond acceptors (Lipinski definition) is 4. The van der Waals surface area contributed by atoms with Gasteiger partial charge < -0.3 is 19.1 Å². The summed E-state index contributed by atoms with van der Waals surface area (Å²) in [5, 5.41) is 0. The summed E-state index contributed by atoms with van der Waals surface area (Å²) < 4.78 is 30.3. The maximum Gasteiger partial charge on any atom is 0.254 e. The van der Waals surface area contributed by atoms with E-state index in [9.17, 15) is 9.18 Å². The molecule has 30 heavy (non-hydrogen) atoms. The van der Waals surface area contributed by atoms with Gasteiger partial charge >= 0.3 is 0 Å². The van der Waals surface area contributed by atoms with Crippen molar-refractivity contribution in [1.29, 1.82) is 0 Å². The van der Waals surface area contributed by atoms with E-state index in [0.717, 1.165) is 5.56 Å². The third-order valence-electron chi connectivity index (χ3n) is 4.59. The van der Waals surface area contributed by atoms with E-state index in [1.807, 2.05) is 30.3 Å². The Bertz CT molecular complexity index is 982. The van der Waals surface area contributed by atoms with E-state index in [1.54, 1.807) is 31.3 Å². The largest absolute Gasteiger partial charge is 0.493 e. The van der Waals surface area contributed by atoms with Crippen molar-refractivity contribution in [2.45, 2.75) is 13.2 Å². The van der Waals surface area contributed by atoms with Gasteiger partial charge in [0, 0.05) is 19.2 Å². The van der Waals surface area contributed by atoms with Crippen LogP contribution in [0, 0.1) is 5.82 Å². The van der Waals surface area contributed by atoms with Crippen LogP contribution in [0.15, 0.2) is 66.7 Å². The van der Waals surface area contributed by atoms with Crippen molar-refractivity contribution in [3.8, 4) is 17.2 Å². The second-order valence-electron chi connectivity index (χ2n) is 6.78. The molecule has 3 aromatic carbocycles. The maximum atomic E-state index is 13.4. The first-order chi connectivity index (χ1) is 14.5. The molecule has 3 aromatic rings. The van der Waals surface area contributed by atoms with E-state index in [4.69, 9.17) is 14.2 Å². The Morgan fingerprint density at radius 1 is 0.900 bits per heavy atom. The zero-order valence-electron chi connectivity index (χ0n) is 17.2. The van der Waals surface area contributed by atoms with E-state index in [2.05, 4.69) is 0 Å². The Balaban J connectivity index is 1.81. The first-order valence-corrected chi connectivity index (χ1v) is 9.44. The van der Waals surface area contributed by atoms with Crippen LogP contribution in [0.4, 0.5) is 4.39 Å². The van der Waals surface area contributed by atoms with Crippen LogP contribution >= 0.6 is 0 Å². The summed E-state index contributed by atoms with van der Waals surface area (Å²) in [5.74, 6) is 0.635. The normalized spacial score (nSPS) is 10.4. The average molecular weight is 409 g/mol. The third-order valence-corrected chi connectivity index (χ3v) is 4.59. The molecule has 0 heterocycles. The monoisotopic (exact) mass is 409 g/mol. The summed E-state index contributed by atoms with van der Waals surface area (Å²) in [6.07, 6.45) is 0. The van der Waals surface area contributed by atoms with E-state index < -0.39 is 0 Å². The van der Waals surface area contributed by atoms with Crippen molar-refractivity contribution >= 4 is 5.91 Å². The standard InChI is InChI=1S/C24H24FNO4/c1-26(15-18-10-7-11-20(25)12-18)24(27)19-13-21(28-2)23(22(14-19)29-3)30-16-17-8-5-4-6-9-17/h4-14H,15-16H2,1-3H3. The molecule has 0 aliphatic heterocycles.